The normalized spacial score (nSPS) is 26.0. The van der Waals surface area contributed by atoms with E-state index in [1.807, 2.05) is 0 Å². The molecule has 0 aliphatic carbocycles. The third kappa shape index (κ3) is 3.85. The Kier molecular flexibility index (Phi) is 4.23. The van der Waals surface area contributed by atoms with E-state index in [0.717, 1.165) is 25.1 Å². The van der Waals surface area contributed by atoms with Gasteiger partial charge in [0.2, 0.25) is 0 Å². The molecule has 2 nitrogen and oxygen atoms in total. The first-order valence-corrected chi connectivity index (χ1v) is 7.54. The maximum absolute atomic E-state index is 12.0. The second-order valence-corrected chi connectivity index (χ2v) is 8.69. The van der Waals surface area contributed by atoms with Crippen LogP contribution in [0.2, 0.25) is 0 Å². The van der Waals surface area contributed by atoms with Crippen molar-refractivity contribution in [2.45, 2.75) is 60.4 Å². The van der Waals surface area contributed by atoms with Crippen molar-refractivity contribution in [3.63, 3.8) is 0 Å². The van der Waals surface area contributed by atoms with Gasteiger partial charge in [0.1, 0.15) is 0 Å². The summed E-state index contributed by atoms with van der Waals surface area (Å²) in [4.78, 5) is 0. The molecular weight excluding hydrogens is 218 g/mol. The molecule has 0 saturated carbocycles. The Bertz CT molecular complexity index is 262. The lowest BCUT2D eigenvalue weighted by atomic mass is 9.77. The van der Waals surface area contributed by atoms with Gasteiger partial charge in [0.25, 0.3) is 0 Å². The molecule has 16 heavy (non-hydrogen) atoms. The third-order valence-electron chi connectivity index (χ3n) is 3.11. The molecule has 1 rings (SSSR count). The summed E-state index contributed by atoms with van der Waals surface area (Å²) in [5.41, 5.74) is 0.498. The van der Waals surface area contributed by atoms with Crippen molar-refractivity contribution < 1.29 is 4.21 Å². The first-order valence-electron chi connectivity index (χ1n) is 6.26. The molecule has 2 unspecified atom stereocenters. The van der Waals surface area contributed by atoms with E-state index in [4.69, 9.17) is 0 Å². The second kappa shape index (κ2) is 4.77. The lowest BCUT2D eigenvalue weighted by Crippen LogP contribution is -2.45. The molecule has 1 saturated heterocycles. The van der Waals surface area contributed by atoms with Gasteiger partial charge in [-0.15, -0.1) is 0 Å². The fraction of sp³-hybridized carbons (Fsp3) is 1.00. The van der Waals surface area contributed by atoms with Gasteiger partial charge in [0.05, 0.1) is 11.0 Å². The molecule has 0 amide bonds. The van der Waals surface area contributed by atoms with Crippen molar-refractivity contribution in [2.75, 3.05) is 12.3 Å². The molecular formula is C13H27NOS. The number of nitrogens with zero attached hydrogens (tertiary/aromatic N) is 1. The van der Waals surface area contributed by atoms with Crippen molar-refractivity contribution in [2.24, 2.45) is 10.8 Å². The molecule has 96 valence electrons. The smallest absolute Gasteiger partial charge is 0.0945 e. The molecule has 1 aliphatic heterocycles. The van der Waals surface area contributed by atoms with Gasteiger partial charge in [-0.05, 0) is 23.7 Å². The zero-order valence-corrected chi connectivity index (χ0v) is 12.5. The van der Waals surface area contributed by atoms with Crippen LogP contribution in [-0.4, -0.2) is 26.9 Å². The van der Waals surface area contributed by atoms with E-state index < -0.39 is 11.0 Å². The molecule has 2 atom stereocenters. The number of hydrogen-bond donors (Lipinski definition) is 0. The van der Waals surface area contributed by atoms with Crippen LogP contribution in [0, 0.1) is 10.8 Å². The van der Waals surface area contributed by atoms with E-state index in [9.17, 15) is 4.21 Å². The van der Waals surface area contributed by atoms with Crippen LogP contribution in [0.4, 0.5) is 0 Å². The average Bonchev–Trinajstić information content (AvgIpc) is 2.43. The van der Waals surface area contributed by atoms with Crippen LogP contribution < -0.4 is 0 Å². The molecule has 1 fully saturated rings. The second-order valence-electron chi connectivity index (χ2n) is 7.17. The minimum atomic E-state index is -0.739. The van der Waals surface area contributed by atoms with Crippen molar-refractivity contribution in [3.05, 3.63) is 0 Å². The van der Waals surface area contributed by atoms with Gasteiger partial charge < -0.3 is 0 Å². The monoisotopic (exact) mass is 245 g/mol. The van der Waals surface area contributed by atoms with Gasteiger partial charge in [-0.25, -0.2) is 8.51 Å². The quantitative estimate of drug-likeness (QED) is 0.731. The summed E-state index contributed by atoms with van der Waals surface area (Å²) < 4.78 is 14.2. The van der Waals surface area contributed by atoms with E-state index in [0.29, 0.717) is 11.5 Å². The molecule has 0 aromatic rings. The highest BCUT2D eigenvalue weighted by atomic mass is 32.2. The lowest BCUT2D eigenvalue weighted by molar-refractivity contribution is 0.135. The Morgan fingerprint density at radius 1 is 1.19 bits per heavy atom. The van der Waals surface area contributed by atoms with Crippen LogP contribution in [0.1, 0.15) is 54.4 Å². The highest BCUT2D eigenvalue weighted by molar-refractivity contribution is 7.82. The van der Waals surface area contributed by atoms with Crippen molar-refractivity contribution >= 4 is 11.0 Å². The summed E-state index contributed by atoms with van der Waals surface area (Å²) in [6, 6.07) is 0.427. The predicted octanol–water partition coefficient (Wildman–Crippen LogP) is 3.21. The molecule has 0 bridgehead atoms. The van der Waals surface area contributed by atoms with Gasteiger partial charge in [0.15, 0.2) is 0 Å². The highest BCUT2D eigenvalue weighted by Crippen LogP contribution is 2.36. The Morgan fingerprint density at radius 3 is 2.06 bits per heavy atom. The van der Waals surface area contributed by atoms with E-state index in [-0.39, 0.29) is 5.41 Å². The molecule has 3 heteroatoms. The summed E-state index contributed by atoms with van der Waals surface area (Å²) in [6.07, 6.45) is 2.20. The van der Waals surface area contributed by atoms with Gasteiger partial charge in [-0.1, -0.05) is 41.5 Å². The SMILES string of the molecule is CC(C)(C)CC(N1CCCS1=O)C(C)(C)C. The van der Waals surface area contributed by atoms with Crippen LogP contribution in [0.3, 0.4) is 0 Å². The van der Waals surface area contributed by atoms with Crippen LogP contribution in [0.25, 0.3) is 0 Å². The van der Waals surface area contributed by atoms with Crippen LogP contribution in [-0.2, 0) is 11.0 Å². The summed E-state index contributed by atoms with van der Waals surface area (Å²) >= 11 is 0. The Hall–Kier alpha value is 0.110. The molecule has 0 aromatic carbocycles. The van der Waals surface area contributed by atoms with Crippen LogP contribution in [0.5, 0.6) is 0 Å². The predicted molar refractivity (Wildman–Crippen MR) is 71.6 cm³/mol. The highest BCUT2D eigenvalue weighted by Gasteiger charge is 2.37. The van der Waals surface area contributed by atoms with E-state index in [2.05, 4.69) is 45.8 Å². The molecule has 0 N–H and O–H groups in total. The van der Waals surface area contributed by atoms with Crippen LogP contribution >= 0.6 is 0 Å². The Morgan fingerprint density at radius 2 is 1.75 bits per heavy atom. The summed E-state index contributed by atoms with van der Waals surface area (Å²) in [5, 5.41) is 0. The minimum Gasteiger partial charge on any atom is -0.243 e. The van der Waals surface area contributed by atoms with Crippen molar-refractivity contribution in [1.29, 1.82) is 0 Å². The summed E-state index contributed by atoms with van der Waals surface area (Å²) in [7, 11) is -0.739. The van der Waals surface area contributed by atoms with E-state index in [1.54, 1.807) is 0 Å². The lowest BCUT2D eigenvalue weighted by Gasteiger charge is -2.40. The van der Waals surface area contributed by atoms with E-state index in [1.165, 1.54) is 0 Å². The largest absolute Gasteiger partial charge is 0.243 e. The standard InChI is InChI=1S/C13H27NOS/c1-12(2,3)10-11(13(4,5)6)14-8-7-9-16(14)15/h11H,7-10H2,1-6H3. The fourth-order valence-electron chi connectivity index (χ4n) is 2.28. The first kappa shape index (κ1) is 14.2. The maximum atomic E-state index is 12.0. The number of hydrogen-bond acceptors (Lipinski definition) is 1. The molecule has 1 heterocycles. The minimum absolute atomic E-state index is 0.202. The van der Waals surface area contributed by atoms with Gasteiger partial charge in [0, 0.05) is 18.3 Å². The van der Waals surface area contributed by atoms with Gasteiger partial charge in [-0.3, -0.25) is 0 Å². The van der Waals surface area contributed by atoms with Gasteiger partial charge >= 0.3 is 0 Å². The van der Waals surface area contributed by atoms with Crippen molar-refractivity contribution in [1.82, 2.24) is 4.31 Å². The molecule has 0 aromatic heterocycles. The Labute approximate surface area is 103 Å². The molecule has 1 aliphatic rings. The zero-order valence-electron chi connectivity index (χ0n) is 11.7. The maximum Gasteiger partial charge on any atom is 0.0945 e. The molecule has 0 spiro atoms. The summed E-state index contributed by atoms with van der Waals surface area (Å²) in [5.74, 6) is 0.858. The Balaban J connectivity index is 2.83. The summed E-state index contributed by atoms with van der Waals surface area (Å²) in [6.45, 7) is 14.6. The average molecular weight is 245 g/mol. The number of rotatable bonds is 2. The molecule has 0 radical (unpaired) electrons. The third-order valence-corrected chi connectivity index (χ3v) is 4.71. The zero-order chi connectivity index (χ0) is 12.6. The van der Waals surface area contributed by atoms with Crippen LogP contribution in [0.15, 0.2) is 0 Å². The van der Waals surface area contributed by atoms with Gasteiger partial charge in [-0.2, -0.15) is 0 Å². The van der Waals surface area contributed by atoms with Crippen molar-refractivity contribution in [3.8, 4) is 0 Å². The van der Waals surface area contributed by atoms with E-state index >= 15 is 0 Å². The first-order chi connectivity index (χ1) is 7.11. The fourth-order valence-corrected chi connectivity index (χ4v) is 3.90. The topological polar surface area (TPSA) is 20.3 Å².